The highest BCUT2D eigenvalue weighted by Crippen LogP contribution is 2.25. The van der Waals surface area contributed by atoms with E-state index in [9.17, 15) is 9.59 Å². The number of fused-ring (bicyclic) bond motifs is 1. The van der Waals surface area contributed by atoms with Gasteiger partial charge in [0, 0.05) is 37.1 Å². The molecule has 3 aromatic heterocycles. The normalized spacial score (nSPS) is 14.2. The van der Waals surface area contributed by atoms with E-state index in [2.05, 4.69) is 20.3 Å². The number of morpholine rings is 1. The molecule has 1 saturated heterocycles. The summed E-state index contributed by atoms with van der Waals surface area (Å²) in [5.41, 5.74) is 3.11. The molecule has 1 fully saturated rings. The first kappa shape index (κ1) is 23.2. The van der Waals surface area contributed by atoms with E-state index in [1.54, 1.807) is 29.0 Å². The van der Waals surface area contributed by atoms with Crippen LogP contribution in [0.5, 0.6) is 0 Å². The van der Waals surface area contributed by atoms with Crippen LogP contribution in [0.25, 0.3) is 16.9 Å². The minimum absolute atomic E-state index is 0.105. The number of hydrogen-bond donors (Lipinski definition) is 1. The predicted octanol–water partition coefficient (Wildman–Crippen LogP) is 3.96. The van der Waals surface area contributed by atoms with Crippen LogP contribution in [0.4, 0.5) is 10.5 Å². The van der Waals surface area contributed by atoms with Crippen molar-refractivity contribution >= 4 is 34.5 Å². The maximum Gasteiger partial charge on any atom is 0.411 e. The molecule has 180 valence electrons. The third-order valence-corrected chi connectivity index (χ3v) is 6.62. The Balaban J connectivity index is 1.25. The predicted molar refractivity (Wildman–Crippen MR) is 133 cm³/mol. The molecule has 5 rings (SSSR count). The number of carbonyl (C=O) groups is 2. The first-order valence-electron chi connectivity index (χ1n) is 11.4. The zero-order valence-electron chi connectivity index (χ0n) is 19.1. The summed E-state index contributed by atoms with van der Waals surface area (Å²) >= 11 is 1.39. The van der Waals surface area contributed by atoms with Crippen molar-refractivity contribution < 1.29 is 19.1 Å². The summed E-state index contributed by atoms with van der Waals surface area (Å²) in [5.74, 6) is -0.105. The second kappa shape index (κ2) is 10.8. The number of benzene rings is 1. The lowest BCUT2D eigenvalue weighted by atomic mass is 10.1. The molecule has 1 N–H and O–H groups in total. The summed E-state index contributed by atoms with van der Waals surface area (Å²) in [6, 6.07) is 12.8. The zero-order valence-corrected chi connectivity index (χ0v) is 19.9. The van der Waals surface area contributed by atoms with Crippen molar-refractivity contribution in [1.82, 2.24) is 19.5 Å². The monoisotopic (exact) mass is 491 g/mol. The van der Waals surface area contributed by atoms with Crippen LogP contribution >= 0.6 is 11.3 Å². The van der Waals surface area contributed by atoms with E-state index in [1.807, 2.05) is 35.7 Å². The van der Waals surface area contributed by atoms with Gasteiger partial charge < -0.3 is 9.47 Å². The largest absolute Gasteiger partial charge is 0.449 e. The molecule has 0 atom stereocenters. The van der Waals surface area contributed by atoms with Crippen LogP contribution in [-0.4, -0.2) is 70.8 Å². The smallest absolute Gasteiger partial charge is 0.411 e. The number of amides is 1. The number of carbonyl (C=O) groups excluding carboxylic acids is 2. The molecule has 1 aliphatic heterocycles. The Labute approximate surface area is 206 Å². The average molecular weight is 492 g/mol. The van der Waals surface area contributed by atoms with E-state index < -0.39 is 6.09 Å². The number of anilines is 1. The third kappa shape index (κ3) is 5.40. The van der Waals surface area contributed by atoms with Crippen LogP contribution in [-0.2, 0) is 9.47 Å². The second-order valence-electron chi connectivity index (χ2n) is 8.08. The summed E-state index contributed by atoms with van der Waals surface area (Å²) in [6.45, 7) is 4.58. The van der Waals surface area contributed by atoms with Crippen molar-refractivity contribution in [3.05, 3.63) is 70.7 Å². The van der Waals surface area contributed by atoms with Crippen molar-refractivity contribution in [3.8, 4) is 11.3 Å². The van der Waals surface area contributed by atoms with Gasteiger partial charge in [0.1, 0.15) is 0 Å². The molecule has 0 spiro atoms. The summed E-state index contributed by atoms with van der Waals surface area (Å²) in [4.78, 5) is 32.5. The second-order valence-corrected chi connectivity index (χ2v) is 9.03. The highest BCUT2D eigenvalue weighted by atomic mass is 32.1. The van der Waals surface area contributed by atoms with Crippen molar-refractivity contribution in [2.24, 2.45) is 0 Å². The molecular formula is C25H25N5O4S. The SMILES string of the molecule is O=C(Nc1cccc(-c2ccnc3c(C(=O)c4cccs4)cnn23)c1)OCCCN1CCOCC1. The fourth-order valence-electron chi connectivity index (χ4n) is 4.00. The highest BCUT2D eigenvalue weighted by molar-refractivity contribution is 7.12. The summed E-state index contributed by atoms with van der Waals surface area (Å²) in [7, 11) is 0. The Hall–Kier alpha value is -3.60. The van der Waals surface area contributed by atoms with Crippen LogP contribution in [0.3, 0.4) is 0 Å². The quantitative estimate of drug-likeness (QED) is 0.294. The number of nitrogens with one attached hydrogen (secondary N) is 1. The molecule has 4 heterocycles. The fraction of sp³-hybridized carbons (Fsp3) is 0.280. The third-order valence-electron chi connectivity index (χ3n) is 5.75. The molecule has 9 nitrogen and oxygen atoms in total. The van der Waals surface area contributed by atoms with Gasteiger partial charge in [-0.2, -0.15) is 5.10 Å². The van der Waals surface area contributed by atoms with E-state index >= 15 is 0 Å². The van der Waals surface area contributed by atoms with E-state index in [0.29, 0.717) is 28.4 Å². The molecule has 0 unspecified atom stereocenters. The number of nitrogens with zero attached hydrogens (tertiary/aromatic N) is 4. The van der Waals surface area contributed by atoms with Gasteiger partial charge in [-0.25, -0.2) is 14.3 Å². The number of rotatable bonds is 8. The van der Waals surface area contributed by atoms with Gasteiger partial charge in [-0.3, -0.25) is 15.0 Å². The van der Waals surface area contributed by atoms with Crippen LogP contribution in [0.15, 0.2) is 60.2 Å². The maximum absolute atomic E-state index is 12.9. The van der Waals surface area contributed by atoms with Crippen molar-refractivity contribution in [2.75, 3.05) is 44.8 Å². The average Bonchev–Trinajstić information content (AvgIpc) is 3.58. The van der Waals surface area contributed by atoms with Crippen molar-refractivity contribution in [3.63, 3.8) is 0 Å². The molecule has 0 aliphatic carbocycles. The minimum atomic E-state index is -0.494. The molecule has 35 heavy (non-hydrogen) atoms. The Kier molecular flexibility index (Phi) is 7.12. The summed E-state index contributed by atoms with van der Waals surface area (Å²) in [6.07, 6.45) is 3.48. The van der Waals surface area contributed by atoms with E-state index in [0.717, 1.165) is 50.5 Å². The molecule has 4 aromatic rings. The minimum Gasteiger partial charge on any atom is -0.449 e. The van der Waals surface area contributed by atoms with Gasteiger partial charge in [0.2, 0.25) is 5.78 Å². The van der Waals surface area contributed by atoms with Gasteiger partial charge in [-0.15, -0.1) is 11.3 Å². The first-order chi connectivity index (χ1) is 17.2. The van der Waals surface area contributed by atoms with E-state index in [4.69, 9.17) is 9.47 Å². The molecule has 1 amide bonds. The van der Waals surface area contributed by atoms with E-state index in [1.165, 1.54) is 11.3 Å². The number of aromatic nitrogens is 3. The van der Waals surface area contributed by atoms with Gasteiger partial charge in [0.15, 0.2) is 5.65 Å². The van der Waals surface area contributed by atoms with Crippen LogP contribution < -0.4 is 5.32 Å². The van der Waals surface area contributed by atoms with E-state index in [-0.39, 0.29) is 5.78 Å². The highest BCUT2D eigenvalue weighted by Gasteiger charge is 2.18. The van der Waals surface area contributed by atoms with Gasteiger partial charge in [0.05, 0.1) is 42.2 Å². The zero-order chi connectivity index (χ0) is 24.0. The van der Waals surface area contributed by atoms with Crippen molar-refractivity contribution in [1.29, 1.82) is 0 Å². The topological polar surface area (TPSA) is 98.1 Å². The number of thiophene rings is 1. The molecule has 1 aliphatic rings. The number of ether oxygens (including phenoxy) is 2. The van der Waals surface area contributed by atoms with Gasteiger partial charge in [-0.05, 0) is 36.1 Å². The van der Waals surface area contributed by atoms with Gasteiger partial charge >= 0.3 is 6.09 Å². The Morgan fingerprint density at radius 2 is 2.03 bits per heavy atom. The van der Waals surface area contributed by atoms with Gasteiger partial charge in [0.25, 0.3) is 0 Å². The fourth-order valence-corrected chi connectivity index (χ4v) is 4.68. The maximum atomic E-state index is 12.9. The Morgan fingerprint density at radius 3 is 2.86 bits per heavy atom. The lowest BCUT2D eigenvalue weighted by Gasteiger charge is -2.26. The molecule has 10 heteroatoms. The lowest BCUT2D eigenvalue weighted by molar-refractivity contribution is 0.0348. The molecular weight excluding hydrogens is 466 g/mol. The molecule has 0 saturated carbocycles. The number of hydrogen-bond acceptors (Lipinski definition) is 8. The van der Waals surface area contributed by atoms with Crippen LogP contribution in [0.1, 0.15) is 21.7 Å². The Morgan fingerprint density at radius 1 is 1.14 bits per heavy atom. The standard InChI is InChI=1S/C25H25N5O4S/c31-23(22-6-2-15-35-22)20-17-27-30-21(7-8-26-24(20)30)18-4-1-5-19(16-18)28-25(32)34-12-3-9-29-10-13-33-14-11-29/h1-2,4-8,15-17H,3,9-14H2,(H,28,32). The van der Waals surface area contributed by atoms with Crippen LogP contribution in [0, 0.1) is 0 Å². The van der Waals surface area contributed by atoms with Crippen LogP contribution in [0.2, 0.25) is 0 Å². The lowest BCUT2D eigenvalue weighted by Crippen LogP contribution is -2.37. The number of ketones is 1. The van der Waals surface area contributed by atoms with Gasteiger partial charge in [-0.1, -0.05) is 18.2 Å². The van der Waals surface area contributed by atoms with Crippen molar-refractivity contribution in [2.45, 2.75) is 6.42 Å². The Bertz CT molecular complexity index is 1310. The molecule has 0 bridgehead atoms. The summed E-state index contributed by atoms with van der Waals surface area (Å²) < 4.78 is 12.3. The first-order valence-corrected chi connectivity index (χ1v) is 12.3. The molecule has 1 aromatic carbocycles. The molecule has 0 radical (unpaired) electrons. The summed E-state index contributed by atoms with van der Waals surface area (Å²) in [5, 5.41) is 9.07.